The lowest BCUT2D eigenvalue weighted by Gasteiger charge is -2.18. The molecule has 0 aliphatic carbocycles. The molecule has 16 heavy (non-hydrogen) atoms. The first-order valence-corrected chi connectivity index (χ1v) is 6.52. The van der Waals surface area contributed by atoms with Gasteiger partial charge in [-0.05, 0) is 37.7 Å². The van der Waals surface area contributed by atoms with Crippen molar-refractivity contribution in [2.75, 3.05) is 23.7 Å². The summed E-state index contributed by atoms with van der Waals surface area (Å²) >= 11 is 1.44. The van der Waals surface area contributed by atoms with Gasteiger partial charge in [0.2, 0.25) is 0 Å². The Hall–Kier alpha value is -0.970. The molecule has 4 nitrogen and oxygen atoms in total. The van der Waals surface area contributed by atoms with Crippen molar-refractivity contribution in [1.29, 1.82) is 0 Å². The molecule has 0 aromatic carbocycles. The summed E-state index contributed by atoms with van der Waals surface area (Å²) in [5, 5.41) is 1.09. The molecule has 2 heterocycles. The second-order valence-corrected chi connectivity index (χ2v) is 5.46. The van der Waals surface area contributed by atoms with Crippen molar-refractivity contribution in [2.45, 2.75) is 33.3 Å². The van der Waals surface area contributed by atoms with Crippen LogP contribution in [-0.4, -0.2) is 23.6 Å². The van der Waals surface area contributed by atoms with Crippen LogP contribution in [0.25, 0.3) is 0 Å². The van der Waals surface area contributed by atoms with Crippen LogP contribution in [0.1, 0.15) is 27.2 Å². The van der Waals surface area contributed by atoms with E-state index in [-0.39, 0.29) is 6.10 Å². The highest BCUT2D eigenvalue weighted by Crippen LogP contribution is 2.40. The molecule has 1 atom stereocenters. The number of rotatable bonds is 3. The maximum absolute atomic E-state index is 5.84. The molecule has 0 bridgehead atoms. The van der Waals surface area contributed by atoms with Crippen molar-refractivity contribution in [3.05, 3.63) is 0 Å². The Bertz CT molecular complexity index is 364. The van der Waals surface area contributed by atoms with Gasteiger partial charge in [0.05, 0.1) is 6.10 Å². The van der Waals surface area contributed by atoms with E-state index in [1.165, 1.54) is 18.0 Å². The van der Waals surface area contributed by atoms with Gasteiger partial charge in [-0.1, -0.05) is 6.92 Å². The summed E-state index contributed by atoms with van der Waals surface area (Å²) in [7, 11) is 0. The van der Waals surface area contributed by atoms with Crippen LogP contribution < -0.4 is 15.4 Å². The van der Waals surface area contributed by atoms with E-state index in [1.54, 1.807) is 0 Å². The summed E-state index contributed by atoms with van der Waals surface area (Å²) in [6, 6.07) is 0. The number of nitrogen functional groups attached to an aromatic ring is 1. The van der Waals surface area contributed by atoms with Gasteiger partial charge >= 0.3 is 0 Å². The molecule has 5 heteroatoms. The normalized spacial score (nSPS) is 20.8. The van der Waals surface area contributed by atoms with Crippen molar-refractivity contribution in [2.24, 2.45) is 5.92 Å². The van der Waals surface area contributed by atoms with Crippen LogP contribution in [0.4, 0.5) is 10.8 Å². The Morgan fingerprint density at radius 3 is 2.88 bits per heavy atom. The number of hydrogen-bond donors (Lipinski definition) is 1. The van der Waals surface area contributed by atoms with Gasteiger partial charge < -0.3 is 15.4 Å². The molecule has 2 rings (SSSR count). The molecule has 1 aromatic heterocycles. The Kier molecular flexibility index (Phi) is 3.23. The molecular weight excluding hydrogens is 222 g/mol. The van der Waals surface area contributed by atoms with E-state index in [2.05, 4.69) is 16.2 Å². The molecule has 0 spiro atoms. The molecule has 0 saturated carbocycles. The smallest absolute Gasteiger partial charge is 0.198 e. The van der Waals surface area contributed by atoms with E-state index in [0.717, 1.165) is 29.8 Å². The zero-order valence-electron chi connectivity index (χ0n) is 10.1. The molecule has 1 aliphatic heterocycles. The Morgan fingerprint density at radius 2 is 2.31 bits per heavy atom. The van der Waals surface area contributed by atoms with E-state index in [0.29, 0.717) is 5.82 Å². The van der Waals surface area contributed by atoms with Crippen LogP contribution in [0.15, 0.2) is 0 Å². The number of hydrogen-bond acceptors (Lipinski definition) is 5. The van der Waals surface area contributed by atoms with Gasteiger partial charge in [-0.15, -0.1) is 0 Å². The predicted octanol–water partition coefficient (Wildman–Crippen LogP) is 2.36. The number of aromatic nitrogens is 1. The number of ether oxygens (including phenoxy) is 1. The van der Waals surface area contributed by atoms with Crippen LogP contribution >= 0.6 is 11.5 Å². The third-order valence-corrected chi connectivity index (χ3v) is 3.63. The fourth-order valence-electron chi connectivity index (χ4n) is 1.95. The van der Waals surface area contributed by atoms with Gasteiger partial charge in [0, 0.05) is 13.1 Å². The molecule has 0 amide bonds. The van der Waals surface area contributed by atoms with Crippen LogP contribution in [0, 0.1) is 5.92 Å². The van der Waals surface area contributed by atoms with Crippen molar-refractivity contribution >= 4 is 22.4 Å². The van der Waals surface area contributed by atoms with Crippen molar-refractivity contribution in [3.8, 4) is 5.75 Å². The van der Waals surface area contributed by atoms with Gasteiger partial charge in [-0.2, -0.15) is 4.37 Å². The lowest BCUT2D eigenvalue weighted by molar-refractivity contribution is 0.245. The average molecular weight is 241 g/mol. The molecule has 2 N–H and O–H groups in total. The summed E-state index contributed by atoms with van der Waals surface area (Å²) in [5.74, 6) is 2.04. The van der Waals surface area contributed by atoms with E-state index >= 15 is 0 Å². The van der Waals surface area contributed by atoms with Gasteiger partial charge in [-0.25, -0.2) is 0 Å². The topological polar surface area (TPSA) is 51.4 Å². The Morgan fingerprint density at radius 1 is 1.56 bits per heavy atom. The molecule has 1 aromatic rings. The molecule has 90 valence electrons. The lowest BCUT2D eigenvalue weighted by atomic mass is 10.2. The molecule has 1 fully saturated rings. The monoisotopic (exact) mass is 241 g/mol. The predicted molar refractivity (Wildman–Crippen MR) is 68.3 cm³/mol. The highest BCUT2D eigenvalue weighted by atomic mass is 32.1. The first-order chi connectivity index (χ1) is 7.58. The Balaban J connectivity index is 2.20. The maximum Gasteiger partial charge on any atom is 0.198 e. The maximum atomic E-state index is 5.84. The minimum Gasteiger partial charge on any atom is -0.484 e. The standard InChI is InChI=1S/C11H19N3OS/c1-7(2)15-9-10(12)13-16-11(9)14-5-4-8(3)6-14/h7-8H,4-6H2,1-3H3,(H2,12,13). The van der Waals surface area contributed by atoms with E-state index < -0.39 is 0 Å². The number of nitrogens with two attached hydrogens (primary N) is 1. The third kappa shape index (κ3) is 2.24. The van der Waals surface area contributed by atoms with Gasteiger partial charge in [0.15, 0.2) is 16.6 Å². The second kappa shape index (κ2) is 4.49. The highest BCUT2D eigenvalue weighted by molar-refractivity contribution is 7.11. The summed E-state index contributed by atoms with van der Waals surface area (Å²) < 4.78 is 9.94. The third-order valence-electron chi connectivity index (χ3n) is 2.72. The summed E-state index contributed by atoms with van der Waals surface area (Å²) in [6.07, 6.45) is 1.37. The lowest BCUT2D eigenvalue weighted by Crippen LogP contribution is -2.19. The van der Waals surface area contributed by atoms with Crippen molar-refractivity contribution in [3.63, 3.8) is 0 Å². The minimum absolute atomic E-state index is 0.137. The van der Waals surface area contributed by atoms with Crippen molar-refractivity contribution in [1.82, 2.24) is 4.37 Å². The summed E-state index contributed by atoms with van der Waals surface area (Å²) in [4.78, 5) is 2.33. The van der Waals surface area contributed by atoms with Crippen LogP contribution in [-0.2, 0) is 0 Å². The fourth-order valence-corrected chi connectivity index (χ4v) is 2.74. The highest BCUT2D eigenvalue weighted by Gasteiger charge is 2.25. The SMILES string of the molecule is CC1CCN(c2snc(N)c2OC(C)C)C1. The quantitative estimate of drug-likeness (QED) is 0.882. The molecule has 1 aliphatic rings. The largest absolute Gasteiger partial charge is 0.484 e. The first-order valence-electron chi connectivity index (χ1n) is 5.74. The van der Waals surface area contributed by atoms with Gasteiger partial charge in [0.25, 0.3) is 0 Å². The number of anilines is 2. The van der Waals surface area contributed by atoms with Crippen LogP contribution in [0.2, 0.25) is 0 Å². The minimum atomic E-state index is 0.137. The second-order valence-electron chi connectivity index (χ2n) is 4.71. The zero-order valence-corrected chi connectivity index (χ0v) is 10.9. The molecule has 1 unspecified atom stereocenters. The summed E-state index contributed by atoms with van der Waals surface area (Å²) in [5.41, 5.74) is 5.84. The van der Waals surface area contributed by atoms with E-state index in [1.807, 2.05) is 13.8 Å². The Labute approximate surface area is 101 Å². The molecule has 1 saturated heterocycles. The zero-order chi connectivity index (χ0) is 11.7. The van der Waals surface area contributed by atoms with Crippen LogP contribution in [0.3, 0.4) is 0 Å². The fraction of sp³-hybridized carbons (Fsp3) is 0.727. The summed E-state index contributed by atoms with van der Waals surface area (Å²) in [6.45, 7) is 8.45. The average Bonchev–Trinajstić information content (AvgIpc) is 2.75. The van der Waals surface area contributed by atoms with E-state index in [4.69, 9.17) is 10.5 Å². The van der Waals surface area contributed by atoms with Crippen molar-refractivity contribution < 1.29 is 4.74 Å². The number of nitrogens with zero attached hydrogens (tertiary/aromatic N) is 2. The van der Waals surface area contributed by atoms with Gasteiger partial charge in [0.1, 0.15) is 0 Å². The molecular formula is C11H19N3OS. The van der Waals surface area contributed by atoms with Crippen LogP contribution in [0.5, 0.6) is 5.75 Å². The van der Waals surface area contributed by atoms with E-state index in [9.17, 15) is 0 Å². The first kappa shape index (κ1) is 11.5. The molecule has 0 radical (unpaired) electrons. The van der Waals surface area contributed by atoms with Gasteiger partial charge in [-0.3, -0.25) is 0 Å².